The van der Waals surface area contributed by atoms with Crippen molar-refractivity contribution in [2.45, 2.75) is 18.9 Å². The third-order valence-electron chi connectivity index (χ3n) is 2.52. The fourth-order valence-electron chi connectivity index (χ4n) is 1.44. The zero-order chi connectivity index (χ0) is 15.8. The molecule has 114 valence electrons. The second-order valence-electron chi connectivity index (χ2n) is 4.26. The van der Waals surface area contributed by atoms with Crippen molar-refractivity contribution in [1.82, 2.24) is 5.32 Å². The molecule has 0 saturated heterocycles. The Bertz CT molecular complexity index is 531. The summed E-state index contributed by atoms with van der Waals surface area (Å²) in [6.07, 6.45) is -0.539. The van der Waals surface area contributed by atoms with Crippen molar-refractivity contribution in [3.63, 3.8) is 0 Å². The van der Waals surface area contributed by atoms with Crippen LogP contribution in [-0.2, 0) is 16.0 Å². The van der Waals surface area contributed by atoms with E-state index in [4.69, 9.17) is 20.7 Å². The number of hydrogen-bond donors (Lipinski definition) is 4. The number of nitrogens with two attached hydrogens (primary N) is 1. The van der Waals surface area contributed by atoms with Crippen LogP contribution in [0.1, 0.15) is 12.0 Å². The number of hydrogen-bond acceptors (Lipinski definition) is 5. The van der Waals surface area contributed by atoms with E-state index in [-0.39, 0.29) is 18.7 Å². The normalized spacial score (nSPS) is 11.5. The standard InChI is InChI=1S/C13H16N2O6/c14-10(12(18)19)7-15-13(20)21-9-3-1-2-8(6-9)4-5-11(16)17/h1-3,6,10H,4-5,7,14H2,(H,15,20)(H,16,17)(H,18,19)/t10-/m0/s1. The molecule has 8 heteroatoms. The van der Waals surface area contributed by atoms with Crippen LogP contribution in [0.3, 0.4) is 0 Å². The molecule has 1 rings (SSSR count). The van der Waals surface area contributed by atoms with Crippen molar-refractivity contribution in [2.24, 2.45) is 5.73 Å². The molecule has 1 aromatic rings. The highest BCUT2D eigenvalue weighted by atomic mass is 16.6. The van der Waals surface area contributed by atoms with Gasteiger partial charge in [0.25, 0.3) is 0 Å². The van der Waals surface area contributed by atoms with Crippen molar-refractivity contribution in [3.05, 3.63) is 29.8 Å². The predicted molar refractivity (Wildman–Crippen MR) is 72.0 cm³/mol. The van der Waals surface area contributed by atoms with Crippen molar-refractivity contribution >= 4 is 18.0 Å². The number of ether oxygens (including phenoxy) is 1. The van der Waals surface area contributed by atoms with Gasteiger partial charge in [-0.2, -0.15) is 0 Å². The van der Waals surface area contributed by atoms with Gasteiger partial charge in [-0.3, -0.25) is 9.59 Å². The molecule has 0 spiro atoms. The molecular formula is C13H16N2O6. The van der Waals surface area contributed by atoms with E-state index >= 15 is 0 Å². The smallest absolute Gasteiger partial charge is 0.412 e. The number of carboxylic acid groups (broad SMARTS) is 2. The molecule has 5 N–H and O–H groups in total. The average molecular weight is 296 g/mol. The highest BCUT2D eigenvalue weighted by Crippen LogP contribution is 2.14. The van der Waals surface area contributed by atoms with Crippen molar-refractivity contribution in [1.29, 1.82) is 0 Å². The fourth-order valence-corrected chi connectivity index (χ4v) is 1.44. The van der Waals surface area contributed by atoms with Gasteiger partial charge in [-0.05, 0) is 24.1 Å². The molecule has 0 unspecified atom stereocenters. The first-order valence-electron chi connectivity index (χ1n) is 6.13. The summed E-state index contributed by atoms with van der Waals surface area (Å²) in [5.74, 6) is -1.91. The second-order valence-corrected chi connectivity index (χ2v) is 4.26. The Hall–Kier alpha value is -2.61. The van der Waals surface area contributed by atoms with E-state index in [1.165, 1.54) is 6.07 Å². The number of benzene rings is 1. The van der Waals surface area contributed by atoms with Crippen LogP contribution in [0.2, 0.25) is 0 Å². The SMILES string of the molecule is N[C@@H](CNC(=O)Oc1cccc(CCC(=O)O)c1)C(=O)O. The summed E-state index contributed by atoms with van der Waals surface area (Å²) in [7, 11) is 0. The number of rotatable bonds is 7. The molecule has 0 radical (unpaired) electrons. The summed E-state index contributed by atoms with van der Waals surface area (Å²) in [5, 5.41) is 19.4. The third-order valence-corrected chi connectivity index (χ3v) is 2.52. The van der Waals surface area contributed by atoms with Gasteiger partial charge in [-0.15, -0.1) is 0 Å². The van der Waals surface area contributed by atoms with Gasteiger partial charge in [-0.25, -0.2) is 4.79 Å². The van der Waals surface area contributed by atoms with Crippen molar-refractivity contribution < 1.29 is 29.3 Å². The molecule has 1 aromatic carbocycles. The van der Waals surface area contributed by atoms with Crippen LogP contribution in [0.5, 0.6) is 5.75 Å². The lowest BCUT2D eigenvalue weighted by Gasteiger charge is -2.09. The molecule has 0 aliphatic rings. The van der Waals surface area contributed by atoms with Gasteiger partial charge in [-0.1, -0.05) is 12.1 Å². The summed E-state index contributed by atoms with van der Waals surface area (Å²) in [4.78, 5) is 32.4. The molecule has 0 saturated carbocycles. The van der Waals surface area contributed by atoms with E-state index in [1.807, 2.05) is 0 Å². The number of nitrogens with one attached hydrogen (secondary N) is 1. The van der Waals surface area contributed by atoms with Gasteiger partial charge < -0.3 is 26.0 Å². The molecule has 21 heavy (non-hydrogen) atoms. The number of carbonyl (C=O) groups is 3. The monoisotopic (exact) mass is 296 g/mol. The zero-order valence-corrected chi connectivity index (χ0v) is 11.1. The Morgan fingerprint density at radius 1 is 1.29 bits per heavy atom. The summed E-state index contributed by atoms with van der Waals surface area (Å²) in [6.45, 7) is -0.257. The number of aryl methyl sites for hydroxylation is 1. The Morgan fingerprint density at radius 2 is 2.00 bits per heavy atom. The summed E-state index contributed by atoms with van der Waals surface area (Å²) < 4.78 is 4.95. The fraction of sp³-hybridized carbons (Fsp3) is 0.308. The highest BCUT2D eigenvalue weighted by Gasteiger charge is 2.13. The van der Waals surface area contributed by atoms with Gasteiger partial charge in [0.1, 0.15) is 11.8 Å². The summed E-state index contributed by atoms with van der Waals surface area (Å²) >= 11 is 0. The first kappa shape index (κ1) is 16.4. The minimum absolute atomic E-state index is 0.0247. The van der Waals surface area contributed by atoms with E-state index in [2.05, 4.69) is 5.32 Å². The molecule has 0 aliphatic carbocycles. The maximum Gasteiger partial charge on any atom is 0.412 e. The molecule has 1 amide bonds. The first-order chi connectivity index (χ1) is 9.88. The van der Waals surface area contributed by atoms with Gasteiger partial charge in [0.05, 0.1) is 0 Å². The van der Waals surface area contributed by atoms with E-state index < -0.39 is 24.1 Å². The Kier molecular flexibility index (Phi) is 6.15. The Morgan fingerprint density at radius 3 is 2.62 bits per heavy atom. The van der Waals surface area contributed by atoms with Gasteiger partial charge in [0, 0.05) is 13.0 Å². The average Bonchev–Trinajstić information content (AvgIpc) is 2.42. The number of carboxylic acids is 2. The van der Waals surface area contributed by atoms with Crippen LogP contribution in [0, 0.1) is 0 Å². The quantitative estimate of drug-likeness (QED) is 0.563. The Labute approximate surface area is 120 Å². The van der Waals surface area contributed by atoms with Crippen LogP contribution >= 0.6 is 0 Å². The lowest BCUT2D eigenvalue weighted by molar-refractivity contribution is -0.138. The maximum absolute atomic E-state index is 11.4. The largest absolute Gasteiger partial charge is 0.481 e. The molecule has 0 fully saturated rings. The van der Waals surface area contributed by atoms with Crippen molar-refractivity contribution in [3.8, 4) is 5.75 Å². The van der Waals surface area contributed by atoms with E-state index in [9.17, 15) is 14.4 Å². The molecule has 0 aliphatic heterocycles. The molecular weight excluding hydrogens is 280 g/mol. The number of amides is 1. The molecule has 0 aromatic heterocycles. The minimum Gasteiger partial charge on any atom is -0.481 e. The first-order valence-corrected chi connectivity index (χ1v) is 6.13. The van der Waals surface area contributed by atoms with Gasteiger partial charge in [0.2, 0.25) is 0 Å². The second kappa shape index (κ2) is 7.85. The van der Waals surface area contributed by atoms with Crippen LogP contribution < -0.4 is 15.8 Å². The molecule has 8 nitrogen and oxygen atoms in total. The molecule has 0 heterocycles. The van der Waals surface area contributed by atoms with Gasteiger partial charge >= 0.3 is 18.0 Å². The third kappa shape index (κ3) is 6.39. The van der Waals surface area contributed by atoms with Crippen LogP contribution in [0.15, 0.2) is 24.3 Å². The van der Waals surface area contributed by atoms with Crippen LogP contribution in [0.4, 0.5) is 4.79 Å². The topological polar surface area (TPSA) is 139 Å². The van der Waals surface area contributed by atoms with E-state index in [0.717, 1.165) is 0 Å². The minimum atomic E-state index is -1.23. The van der Waals surface area contributed by atoms with E-state index in [0.29, 0.717) is 12.0 Å². The zero-order valence-electron chi connectivity index (χ0n) is 11.1. The number of carbonyl (C=O) groups excluding carboxylic acids is 1. The van der Waals surface area contributed by atoms with Gasteiger partial charge in [0.15, 0.2) is 0 Å². The maximum atomic E-state index is 11.4. The lowest BCUT2D eigenvalue weighted by Crippen LogP contribution is -2.43. The molecule has 0 bridgehead atoms. The predicted octanol–water partition coefficient (Wildman–Crippen LogP) is 0.204. The molecule has 1 atom stereocenters. The van der Waals surface area contributed by atoms with Crippen LogP contribution in [0.25, 0.3) is 0 Å². The van der Waals surface area contributed by atoms with Crippen LogP contribution in [-0.4, -0.2) is 40.8 Å². The lowest BCUT2D eigenvalue weighted by atomic mass is 10.1. The summed E-state index contributed by atoms with van der Waals surface area (Å²) in [5.41, 5.74) is 5.94. The summed E-state index contributed by atoms with van der Waals surface area (Å²) in [6, 6.07) is 5.21. The van der Waals surface area contributed by atoms with E-state index in [1.54, 1.807) is 18.2 Å². The highest BCUT2D eigenvalue weighted by molar-refractivity contribution is 5.75. The van der Waals surface area contributed by atoms with Crippen molar-refractivity contribution in [2.75, 3.05) is 6.54 Å². The Balaban J connectivity index is 2.50. The number of aliphatic carboxylic acids is 2.